The molecular weight excluding hydrogens is 188 g/mol. The van der Waals surface area contributed by atoms with Crippen LogP contribution in [0.25, 0.3) is 0 Å². The lowest BCUT2D eigenvalue weighted by molar-refractivity contribution is -0.126. The van der Waals surface area contributed by atoms with Gasteiger partial charge in [-0.15, -0.1) is 0 Å². The number of hydrogen-bond donors (Lipinski definition) is 2. The van der Waals surface area contributed by atoms with Crippen LogP contribution in [-0.2, 0) is 4.79 Å². The first-order valence-corrected chi connectivity index (χ1v) is 6.29. The molecule has 2 fully saturated rings. The van der Waals surface area contributed by atoms with Crippen molar-refractivity contribution < 1.29 is 4.79 Å². The molecule has 3 heteroatoms. The van der Waals surface area contributed by atoms with Crippen LogP contribution in [0.5, 0.6) is 0 Å². The molecule has 0 heterocycles. The van der Waals surface area contributed by atoms with E-state index in [1.165, 1.54) is 25.7 Å². The van der Waals surface area contributed by atoms with E-state index in [0.29, 0.717) is 12.5 Å². The Bertz CT molecular complexity index is 226. The Hall–Kier alpha value is -0.570. The number of amides is 1. The Morgan fingerprint density at radius 2 is 1.93 bits per heavy atom. The van der Waals surface area contributed by atoms with E-state index in [1.807, 2.05) is 0 Å². The monoisotopic (exact) mass is 210 g/mol. The van der Waals surface area contributed by atoms with Crippen molar-refractivity contribution in [2.24, 2.45) is 23.5 Å². The van der Waals surface area contributed by atoms with Crippen molar-refractivity contribution >= 4 is 5.91 Å². The SMILES string of the molecule is NC[C@H]1CCC[C@H]1C(=O)NCC1CCC1. The molecule has 0 bridgehead atoms. The minimum Gasteiger partial charge on any atom is -0.356 e. The van der Waals surface area contributed by atoms with Gasteiger partial charge in [-0.3, -0.25) is 4.79 Å². The van der Waals surface area contributed by atoms with E-state index in [-0.39, 0.29) is 11.8 Å². The number of rotatable bonds is 4. The zero-order valence-electron chi connectivity index (χ0n) is 9.37. The highest BCUT2D eigenvalue weighted by molar-refractivity contribution is 5.79. The van der Waals surface area contributed by atoms with E-state index in [1.54, 1.807) is 0 Å². The number of carbonyl (C=O) groups excluding carboxylic acids is 1. The van der Waals surface area contributed by atoms with Crippen molar-refractivity contribution in [1.29, 1.82) is 0 Å². The molecule has 0 aromatic carbocycles. The van der Waals surface area contributed by atoms with Gasteiger partial charge in [-0.2, -0.15) is 0 Å². The van der Waals surface area contributed by atoms with Crippen LogP contribution in [0.2, 0.25) is 0 Å². The Morgan fingerprint density at radius 1 is 1.20 bits per heavy atom. The summed E-state index contributed by atoms with van der Waals surface area (Å²) in [5.74, 6) is 1.66. The number of hydrogen-bond acceptors (Lipinski definition) is 2. The van der Waals surface area contributed by atoms with Crippen LogP contribution in [-0.4, -0.2) is 19.0 Å². The van der Waals surface area contributed by atoms with Crippen LogP contribution >= 0.6 is 0 Å². The lowest BCUT2D eigenvalue weighted by atomic mass is 9.85. The summed E-state index contributed by atoms with van der Waals surface area (Å²) in [6, 6.07) is 0. The largest absolute Gasteiger partial charge is 0.356 e. The van der Waals surface area contributed by atoms with Gasteiger partial charge in [-0.25, -0.2) is 0 Å². The van der Waals surface area contributed by atoms with Gasteiger partial charge in [0.25, 0.3) is 0 Å². The average molecular weight is 210 g/mol. The van der Waals surface area contributed by atoms with E-state index >= 15 is 0 Å². The molecule has 2 atom stereocenters. The molecule has 0 aromatic rings. The third-order valence-electron chi connectivity index (χ3n) is 4.09. The molecule has 86 valence electrons. The molecule has 2 saturated carbocycles. The molecular formula is C12H22N2O. The smallest absolute Gasteiger partial charge is 0.223 e. The maximum Gasteiger partial charge on any atom is 0.223 e. The predicted molar refractivity (Wildman–Crippen MR) is 60.2 cm³/mol. The first kappa shape index (κ1) is 10.9. The molecule has 1 amide bonds. The second-order valence-corrected chi connectivity index (χ2v) is 5.08. The van der Waals surface area contributed by atoms with Crippen LogP contribution in [0, 0.1) is 17.8 Å². The summed E-state index contributed by atoms with van der Waals surface area (Å²) in [5.41, 5.74) is 5.68. The highest BCUT2D eigenvalue weighted by atomic mass is 16.1. The summed E-state index contributed by atoms with van der Waals surface area (Å²) in [6.07, 6.45) is 7.28. The molecule has 2 aliphatic rings. The molecule has 2 aliphatic carbocycles. The third kappa shape index (κ3) is 2.51. The number of nitrogens with one attached hydrogen (secondary N) is 1. The van der Waals surface area contributed by atoms with Crippen molar-refractivity contribution in [3.63, 3.8) is 0 Å². The molecule has 0 unspecified atom stereocenters. The Kier molecular flexibility index (Phi) is 3.62. The first-order valence-electron chi connectivity index (χ1n) is 6.29. The molecule has 0 aromatic heterocycles. The first-order chi connectivity index (χ1) is 7.31. The van der Waals surface area contributed by atoms with Crippen LogP contribution in [0.1, 0.15) is 38.5 Å². The Balaban J connectivity index is 1.73. The molecule has 3 nitrogen and oxygen atoms in total. The average Bonchev–Trinajstić information content (AvgIpc) is 2.62. The van der Waals surface area contributed by atoms with Crippen LogP contribution in [0.3, 0.4) is 0 Å². The molecule has 0 spiro atoms. The van der Waals surface area contributed by atoms with Gasteiger partial charge < -0.3 is 11.1 Å². The number of nitrogens with two attached hydrogens (primary N) is 1. The quantitative estimate of drug-likeness (QED) is 0.734. The second-order valence-electron chi connectivity index (χ2n) is 5.08. The minimum absolute atomic E-state index is 0.204. The van der Waals surface area contributed by atoms with Gasteiger partial charge in [0.2, 0.25) is 5.91 Å². The zero-order valence-corrected chi connectivity index (χ0v) is 9.37. The summed E-state index contributed by atoms with van der Waals surface area (Å²) in [6.45, 7) is 1.56. The fraction of sp³-hybridized carbons (Fsp3) is 0.917. The van der Waals surface area contributed by atoms with Gasteiger partial charge in [0.1, 0.15) is 0 Å². The van der Waals surface area contributed by atoms with Crippen molar-refractivity contribution in [1.82, 2.24) is 5.32 Å². The van der Waals surface area contributed by atoms with Gasteiger partial charge in [-0.1, -0.05) is 12.8 Å². The van der Waals surface area contributed by atoms with Crippen LogP contribution < -0.4 is 11.1 Å². The van der Waals surface area contributed by atoms with Crippen LogP contribution in [0.15, 0.2) is 0 Å². The highest BCUT2D eigenvalue weighted by Crippen LogP contribution is 2.31. The summed E-state index contributed by atoms with van der Waals surface area (Å²) < 4.78 is 0. The van der Waals surface area contributed by atoms with E-state index in [4.69, 9.17) is 5.73 Å². The van der Waals surface area contributed by atoms with Gasteiger partial charge >= 0.3 is 0 Å². The molecule has 0 saturated heterocycles. The van der Waals surface area contributed by atoms with Crippen molar-refractivity contribution in [2.45, 2.75) is 38.5 Å². The van der Waals surface area contributed by atoms with Gasteiger partial charge in [0, 0.05) is 12.5 Å². The van der Waals surface area contributed by atoms with E-state index in [9.17, 15) is 4.79 Å². The Labute approximate surface area is 91.8 Å². The standard InChI is InChI=1S/C12H22N2O/c13-7-10-5-2-6-11(10)12(15)14-8-9-3-1-4-9/h9-11H,1-8,13H2,(H,14,15)/t10-,11-/m1/s1. The predicted octanol–water partition coefficient (Wildman–Crippen LogP) is 1.28. The van der Waals surface area contributed by atoms with Crippen molar-refractivity contribution in [3.05, 3.63) is 0 Å². The maximum atomic E-state index is 11.9. The van der Waals surface area contributed by atoms with E-state index in [2.05, 4.69) is 5.32 Å². The topological polar surface area (TPSA) is 55.1 Å². The lowest BCUT2D eigenvalue weighted by Gasteiger charge is -2.26. The normalized spacial score (nSPS) is 31.3. The molecule has 15 heavy (non-hydrogen) atoms. The molecule has 3 N–H and O–H groups in total. The molecule has 0 radical (unpaired) electrons. The van der Waals surface area contributed by atoms with Gasteiger partial charge in [-0.05, 0) is 44.1 Å². The Morgan fingerprint density at radius 3 is 2.53 bits per heavy atom. The third-order valence-corrected chi connectivity index (χ3v) is 4.09. The van der Waals surface area contributed by atoms with Gasteiger partial charge in [0.05, 0.1) is 0 Å². The van der Waals surface area contributed by atoms with E-state index < -0.39 is 0 Å². The second kappa shape index (κ2) is 4.97. The fourth-order valence-corrected chi connectivity index (χ4v) is 2.74. The highest BCUT2D eigenvalue weighted by Gasteiger charge is 2.32. The fourth-order valence-electron chi connectivity index (χ4n) is 2.74. The summed E-state index contributed by atoms with van der Waals surface area (Å²) in [7, 11) is 0. The molecule has 2 rings (SSSR count). The van der Waals surface area contributed by atoms with Crippen molar-refractivity contribution in [2.75, 3.05) is 13.1 Å². The summed E-state index contributed by atoms with van der Waals surface area (Å²) in [4.78, 5) is 11.9. The minimum atomic E-state index is 0.204. The molecule has 0 aliphatic heterocycles. The van der Waals surface area contributed by atoms with Gasteiger partial charge in [0.15, 0.2) is 0 Å². The number of carbonyl (C=O) groups is 1. The zero-order chi connectivity index (χ0) is 10.7. The maximum absolute atomic E-state index is 11.9. The summed E-state index contributed by atoms with van der Waals surface area (Å²) >= 11 is 0. The summed E-state index contributed by atoms with van der Waals surface area (Å²) in [5, 5.41) is 3.10. The van der Waals surface area contributed by atoms with Crippen molar-refractivity contribution in [3.8, 4) is 0 Å². The van der Waals surface area contributed by atoms with E-state index in [0.717, 1.165) is 25.3 Å². The van der Waals surface area contributed by atoms with Crippen LogP contribution in [0.4, 0.5) is 0 Å². The lowest BCUT2D eigenvalue weighted by Crippen LogP contribution is -2.38.